The third kappa shape index (κ3) is 2.42. The summed E-state index contributed by atoms with van der Waals surface area (Å²) in [7, 11) is 5.54. The minimum absolute atomic E-state index is 0.0998. The predicted molar refractivity (Wildman–Crippen MR) is 68.5 cm³/mol. The molecule has 0 unspecified atom stereocenters. The Bertz CT molecular complexity index is 530. The first-order chi connectivity index (χ1) is 8.18. The van der Waals surface area contributed by atoms with Crippen LogP contribution in [0.15, 0.2) is 46.9 Å². The second kappa shape index (κ2) is 4.65. The van der Waals surface area contributed by atoms with Crippen molar-refractivity contribution in [3.63, 3.8) is 0 Å². The van der Waals surface area contributed by atoms with Gasteiger partial charge in [0.05, 0.1) is 11.3 Å². The molecule has 5 nitrogen and oxygen atoms in total. The number of hydrogen-bond donors (Lipinski definition) is 3. The second-order valence-electron chi connectivity index (χ2n) is 3.40. The molecule has 0 bridgehead atoms. The summed E-state index contributed by atoms with van der Waals surface area (Å²) in [4.78, 5) is 8.25. The van der Waals surface area contributed by atoms with E-state index in [0.29, 0.717) is 22.6 Å². The van der Waals surface area contributed by atoms with Crippen molar-refractivity contribution in [3.8, 4) is 0 Å². The zero-order chi connectivity index (χ0) is 12.3. The summed E-state index contributed by atoms with van der Waals surface area (Å²) in [5.41, 5.74) is 7.11. The maximum absolute atomic E-state index is 7.59. The van der Waals surface area contributed by atoms with Crippen molar-refractivity contribution in [1.82, 2.24) is 10.3 Å². The average molecular weight is 223 g/mol. The van der Waals surface area contributed by atoms with Crippen molar-refractivity contribution >= 4 is 25.5 Å². The summed E-state index contributed by atoms with van der Waals surface area (Å²) in [5.74, 6) is 0.364. The lowest BCUT2D eigenvalue weighted by molar-refractivity contribution is 1.02. The molecule has 0 amide bonds. The van der Waals surface area contributed by atoms with E-state index in [4.69, 9.17) is 19.0 Å². The van der Waals surface area contributed by atoms with Gasteiger partial charge in [-0.1, -0.05) is 11.5 Å². The number of amidine groups is 1. The van der Waals surface area contributed by atoms with E-state index in [1.807, 2.05) is 6.07 Å². The van der Waals surface area contributed by atoms with Crippen LogP contribution in [0.3, 0.4) is 0 Å². The van der Waals surface area contributed by atoms with Crippen molar-refractivity contribution in [3.05, 3.63) is 47.6 Å². The minimum atomic E-state index is -0.0998. The summed E-state index contributed by atoms with van der Waals surface area (Å²) in [6, 6.07) is 5.38. The molecule has 0 saturated heterocycles. The monoisotopic (exact) mass is 223 g/mol. The highest BCUT2D eigenvalue weighted by Crippen LogP contribution is 2.17. The molecule has 0 atom stereocenters. The van der Waals surface area contributed by atoms with E-state index >= 15 is 0 Å². The van der Waals surface area contributed by atoms with Crippen LogP contribution in [-0.2, 0) is 0 Å². The number of aromatic nitrogens is 1. The Morgan fingerprint density at radius 1 is 1.41 bits per heavy atom. The van der Waals surface area contributed by atoms with E-state index in [2.05, 4.69) is 15.3 Å². The molecule has 6 heteroatoms. The molecule has 82 valence electrons. The molecule has 1 aromatic rings. The van der Waals surface area contributed by atoms with Gasteiger partial charge in [0.2, 0.25) is 0 Å². The van der Waals surface area contributed by atoms with Gasteiger partial charge < -0.3 is 11.1 Å². The van der Waals surface area contributed by atoms with E-state index in [-0.39, 0.29) is 5.84 Å². The fourth-order valence-corrected chi connectivity index (χ4v) is 1.40. The van der Waals surface area contributed by atoms with Gasteiger partial charge in [0, 0.05) is 12.4 Å². The summed E-state index contributed by atoms with van der Waals surface area (Å²) in [6.07, 6.45) is 4.72. The number of aliphatic imine (C=N–C) groups is 1. The fourth-order valence-electron chi connectivity index (χ4n) is 1.40. The lowest BCUT2D eigenvalue weighted by Crippen LogP contribution is -2.20. The van der Waals surface area contributed by atoms with Crippen LogP contribution in [0.25, 0.3) is 5.57 Å². The molecule has 1 aromatic heterocycles. The number of pyridine rings is 1. The van der Waals surface area contributed by atoms with Crippen LogP contribution < -0.4 is 11.1 Å². The van der Waals surface area contributed by atoms with Crippen molar-refractivity contribution < 1.29 is 0 Å². The van der Waals surface area contributed by atoms with Crippen molar-refractivity contribution in [1.29, 1.82) is 5.41 Å². The van der Waals surface area contributed by atoms with Crippen LogP contribution in [0.1, 0.15) is 5.69 Å². The van der Waals surface area contributed by atoms with Crippen LogP contribution in [0.2, 0.25) is 0 Å². The van der Waals surface area contributed by atoms with Crippen LogP contribution in [0, 0.1) is 5.41 Å². The Hall–Kier alpha value is -2.37. The number of rotatable bonds is 2. The van der Waals surface area contributed by atoms with Crippen molar-refractivity contribution in [2.24, 2.45) is 10.7 Å². The zero-order valence-corrected chi connectivity index (χ0v) is 9.01. The summed E-state index contributed by atoms with van der Waals surface area (Å²) < 4.78 is 0. The third-order valence-electron chi connectivity index (χ3n) is 2.15. The van der Waals surface area contributed by atoms with E-state index < -0.39 is 0 Å². The highest BCUT2D eigenvalue weighted by Gasteiger charge is 2.13. The Morgan fingerprint density at radius 3 is 2.76 bits per heavy atom. The number of hydrogen-bond acceptors (Lipinski definition) is 4. The first kappa shape index (κ1) is 11.1. The Labute approximate surface area is 100 Å². The highest BCUT2D eigenvalue weighted by atomic mass is 15.0. The molecular formula is C11H10BN5. The standard InChI is InChI=1S/C11H10BN5/c12-7-5-16-11(17-6-7)9(10(13)14)8-3-1-2-4-15-8/h1-6,16H,(H3,13,14)/b11-9-. The number of nitrogens with two attached hydrogens (primary N) is 1. The Morgan fingerprint density at radius 2 is 2.24 bits per heavy atom. The van der Waals surface area contributed by atoms with E-state index in [1.54, 1.807) is 24.5 Å². The molecule has 2 radical (unpaired) electrons. The van der Waals surface area contributed by atoms with Crippen LogP contribution >= 0.6 is 0 Å². The molecule has 0 saturated carbocycles. The number of allylic oxidation sites excluding steroid dienone is 1. The van der Waals surface area contributed by atoms with Crippen LogP contribution in [-0.4, -0.2) is 24.9 Å². The quantitative estimate of drug-likeness (QED) is 0.384. The normalized spacial score (nSPS) is 17.1. The van der Waals surface area contributed by atoms with Crippen molar-refractivity contribution in [2.75, 3.05) is 0 Å². The average Bonchev–Trinajstić information content (AvgIpc) is 2.33. The van der Waals surface area contributed by atoms with E-state index in [1.165, 1.54) is 6.21 Å². The van der Waals surface area contributed by atoms with Crippen LogP contribution in [0.5, 0.6) is 0 Å². The van der Waals surface area contributed by atoms with Gasteiger partial charge in [0.15, 0.2) is 0 Å². The smallest absolute Gasteiger partial charge is 0.143 e. The molecule has 0 fully saturated rings. The largest absolute Gasteiger partial charge is 0.384 e. The molecule has 2 heterocycles. The van der Waals surface area contributed by atoms with Gasteiger partial charge in [-0.3, -0.25) is 10.4 Å². The van der Waals surface area contributed by atoms with Crippen molar-refractivity contribution in [2.45, 2.75) is 0 Å². The molecule has 0 spiro atoms. The van der Waals surface area contributed by atoms with Gasteiger partial charge >= 0.3 is 0 Å². The number of nitrogens with one attached hydrogen (secondary N) is 2. The SMILES string of the molecule is [B]C1=CN/C(=C(/C(=N)N)c2ccccn2)N=C1. The lowest BCUT2D eigenvalue weighted by atomic mass is 9.97. The molecule has 4 N–H and O–H groups in total. The highest BCUT2D eigenvalue weighted by molar-refractivity contribution is 6.33. The molecule has 1 aliphatic rings. The molecule has 17 heavy (non-hydrogen) atoms. The van der Waals surface area contributed by atoms with Gasteiger partial charge in [0.25, 0.3) is 0 Å². The Kier molecular flexibility index (Phi) is 3.04. The summed E-state index contributed by atoms with van der Waals surface area (Å²) in [6.45, 7) is 0. The second-order valence-corrected chi connectivity index (χ2v) is 3.40. The predicted octanol–water partition coefficient (Wildman–Crippen LogP) is 0.370. The molecule has 1 aliphatic heterocycles. The molecule has 0 aromatic carbocycles. The van der Waals surface area contributed by atoms with Gasteiger partial charge in [-0.15, -0.1) is 0 Å². The molecule has 0 aliphatic carbocycles. The van der Waals surface area contributed by atoms with Gasteiger partial charge in [-0.2, -0.15) is 0 Å². The molecular weight excluding hydrogens is 213 g/mol. The first-order valence-electron chi connectivity index (χ1n) is 4.95. The first-order valence-corrected chi connectivity index (χ1v) is 4.95. The third-order valence-corrected chi connectivity index (χ3v) is 2.15. The number of nitrogens with zero attached hydrogens (tertiary/aromatic N) is 2. The summed E-state index contributed by atoms with van der Waals surface area (Å²) in [5, 5.41) is 10.5. The van der Waals surface area contributed by atoms with Gasteiger partial charge in [-0.25, -0.2) is 4.99 Å². The zero-order valence-electron chi connectivity index (χ0n) is 9.01. The van der Waals surface area contributed by atoms with Gasteiger partial charge in [-0.05, 0) is 18.3 Å². The van der Waals surface area contributed by atoms with Gasteiger partial charge in [0.1, 0.15) is 19.5 Å². The van der Waals surface area contributed by atoms with Crippen LogP contribution in [0.4, 0.5) is 0 Å². The maximum atomic E-state index is 7.59. The summed E-state index contributed by atoms with van der Waals surface area (Å²) >= 11 is 0. The van der Waals surface area contributed by atoms with E-state index in [9.17, 15) is 0 Å². The van der Waals surface area contributed by atoms with E-state index in [0.717, 1.165) is 0 Å². The maximum Gasteiger partial charge on any atom is 0.143 e. The Balaban J connectivity index is 2.48. The lowest BCUT2D eigenvalue weighted by Gasteiger charge is -2.13. The fraction of sp³-hybridized carbons (Fsp3) is 0. The topological polar surface area (TPSA) is 87.2 Å². The molecule has 2 rings (SSSR count). The minimum Gasteiger partial charge on any atom is -0.384 e.